The highest BCUT2D eigenvalue weighted by molar-refractivity contribution is 5.82. The molecule has 28 heavy (non-hydrogen) atoms. The Labute approximate surface area is 156 Å². The van der Waals surface area contributed by atoms with Gasteiger partial charge < -0.3 is 9.15 Å². The van der Waals surface area contributed by atoms with E-state index in [1.165, 1.54) is 12.1 Å². The van der Waals surface area contributed by atoms with Gasteiger partial charge in [0, 0.05) is 23.2 Å². The summed E-state index contributed by atoms with van der Waals surface area (Å²) in [6.07, 6.45) is 1.66. The van der Waals surface area contributed by atoms with Gasteiger partial charge >= 0.3 is 11.7 Å². The molecule has 9 heteroatoms. The Bertz CT molecular complexity index is 1270. The summed E-state index contributed by atoms with van der Waals surface area (Å²) in [5.74, 6) is -1.43. The number of hydrogen-bond acceptors (Lipinski definition) is 7. The molecule has 0 fully saturated rings. The van der Waals surface area contributed by atoms with Crippen molar-refractivity contribution >= 4 is 33.7 Å². The first-order chi connectivity index (χ1) is 13.5. The fraction of sp³-hybridized carbons (Fsp3) is 0.105. The lowest BCUT2D eigenvalue weighted by molar-refractivity contribution is -0.384. The zero-order chi connectivity index (χ0) is 19.7. The van der Waals surface area contributed by atoms with E-state index in [0.29, 0.717) is 0 Å². The number of fused-ring (bicyclic) bond motifs is 2. The van der Waals surface area contributed by atoms with Gasteiger partial charge in [0.05, 0.1) is 22.0 Å². The summed E-state index contributed by atoms with van der Waals surface area (Å²) >= 11 is 0. The molecule has 2 heterocycles. The zero-order valence-corrected chi connectivity index (χ0v) is 14.4. The number of nitro benzene ring substituents is 1. The first-order valence-corrected chi connectivity index (χ1v) is 8.29. The molecule has 0 aliphatic heterocycles. The smallest absolute Gasteiger partial charge is 0.420 e. The molecule has 0 bridgehead atoms. The summed E-state index contributed by atoms with van der Waals surface area (Å²) in [6.45, 7) is -0.370. The highest BCUT2D eigenvalue weighted by Crippen LogP contribution is 2.20. The maximum Gasteiger partial charge on any atom is 0.420 e. The van der Waals surface area contributed by atoms with Crippen LogP contribution in [-0.2, 0) is 22.7 Å². The first-order valence-electron chi connectivity index (χ1n) is 8.29. The number of pyridine rings is 1. The van der Waals surface area contributed by atoms with Crippen molar-refractivity contribution in [1.82, 2.24) is 9.55 Å². The highest BCUT2D eigenvalue weighted by atomic mass is 16.6. The van der Waals surface area contributed by atoms with E-state index < -0.39 is 16.6 Å². The number of carbonyl (C=O) groups is 1. The quantitative estimate of drug-likeness (QED) is 0.297. The number of non-ortho nitro benzene ring substituents is 1. The summed E-state index contributed by atoms with van der Waals surface area (Å²) in [5.41, 5.74) is 1.58. The zero-order valence-electron chi connectivity index (χ0n) is 14.4. The van der Waals surface area contributed by atoms with Gasteiger partial charge in [0.2, 0.25) is 0 Å². The maximum absolute atomic E-state index is 12.2. The predicted octanol–water partition coefficient (Wildman–Crippen LogP) is 2.79. The molecule has 4 rings (SSSR count). The number of hydrogen-bond donors (Lipinski definition) is 0. The molecule has 2 aromatic heterocycles. The lowest BCUT2D eigenvalue weighted by Gasteiger charge is -2.07. The molecule has 140 valence electrons. The lowest BCUT2D eigenvalue weighted by atomic mass is 10.1. The Morgan fingerprint density at radius 1 is 1.21 bits per heavy atom. The van der Waals surface area contributed by atoms with Gasteiger partial charge in [-0.3, -0.25) is 24.5 Å². The largest absolute Gasteiger partial charge is 0.459 e. The van der Waals surface area contributed by atoms with Crippen LogP contribution >= 0.6 is 0 Å². The third-order valence-corrected chi connectivity index (χ3v) is 4.25. The molecule has 0 aliphatic carbocycles. The number of nitro groups is 1. The van der Waals surface area contributed by atoms with Crippen molar-refractivity contribution in [2.75, 3.05) is 0 Å². The lowest BCUT2D eigenvalue weighted by Crippen LogP contribution is -2.21. The van der Waals surface area contributed by atoms with E-state index in [2.05, 4.69) is 4.98 Å². The van der Waals surface area contributed by atoms with Crippen molar-refractivity contribution in [3.63, 3.8) is 0 Å². The fourth-order valence-electron chi connectivity index (χ4n) is 2.94. The van der Waals surface area contributed by atoms with E-state index in [1.807, 2.05) is 24.3 Å². The average molecular weight is 379 g/mol. The van der Waals surface area contributed by atoms with Crippen LogP contribution in [0.5, 0.6) is 0 Å². The third-order valence-electron chi connectivity index (χ3n) is 4.25. The molecular weight excluding hydrogens is 366 g/mol. The third kappa shape index (κ3) is 3.20. The highest BCUT2D eigenvalue weighted by Gasteiger charge is 2.17. The van der Waals surface area contributed by atoms with E-state index >= 15 is 0 Å². The molecule has 0 N–H and O–H groups in total. The molecule has 0 radical (unpaired) electrons. The van der Waals surface area contributed by atoms with Gasteiger partial charge in [-0.05, 0) is 12.1 Å². The first kappa shape index (κ1) is 17.4. The van der Waals surface area contributed by atoms with Crippen LogP contribution in [0.15, 0.2) is 63.9 Å². The Morgan fingerprint density at radius 2 is 2.04 bits per heavy atom. The number of aromatic nitrogens is 2. The minimum absolute atomic E-state index is 0.00317. The number of oxazole rings is 1. The minimum atomic E-state index is -0.792. The topological polar surface area (TPSA) is 117 Å². The Hall–Kier alpha value is -4.01. The predicted molar refractivity (Wildman–Crippen MR) is 98.7 cm³/mol. The van der Waals surface area contributed by atoms with Crippen LogP contribution in [0.2, 0.25) is 0 Å². The standard InChI is InChI=1S/C19H13N3O6/c23-17(27-11-13-4-1-3-12-5-2-8-20-18(12)13)10-21-15-7-6-14(22(25)26)9-16(15)28-19(21)24/h1-9H,10-11H2. The second kappa shape index (κ2) is 6.95. The normalized spacial score (nSPS) is 11.0. The molecular formula is C19H13N3O6. The van der Waals surface area contributed by atoms with Crippen LogP contribution in [0.3, 0.4) is 0 Å². The number of esters is 1. The van der Waals surface area contributed by atoms with Crippen LogP contribution in [0.4, 0.5) is 5.69 Å². The molecule has 0 atom stereocenters. The van der Waals surface area contributed by atoms with Crippen molar-refractivity contribution in [2.45, 2.75) is 13.2 Å². The SMILES string of the molecule is O=C(Cn1c(=O)oc2cc([N+](=O)[O-])ccc21)OCc1cccc2cccnc12. The van der Waals surface area contributed by atoms with E-state index in [9.17, 15) is 19.7 Å². The van der Waals surface area contributed by atoms with Gasteiger partial charge in [0.1, 0.15) is 13.2 Å². The van der Waals surface area contributed by atoms with E-state index in [4.69, 9.17) is 9.15 Å². The van der Waals surface area contributed by atoms with E-state index in [-0.39, 0.29) is 29.9 Å². The summed E-state index contributed by atoms with van der Waals surface area (Å²) in [5, 5.41) is 11.8. The number of para-hydroxylation sites is 1. The van der Waals surface area contributed by atoms with Crippen LogP contribution in [-0.4, -0.2) is 20.4 Å². The van der Waals surface area contributed by atoms with Crippen LogP contribution in [0.1, 0.15) is 5.56 Å². The molecule has 0 saturated carbocycles. The van der Waals surface area contributed by atoms with Gasteiger partial charge in [0.25, 0.3) is 5.69 Å². The molecule has 0 unspecified atom stereocenters. The van der Waals surface area contributed by atoms with Crippen LogP contribution < -0.4 is 5.76 Å². The minimum Gasteiger partial charge on any atom is -0.459 e. The van der Waals surface area contributed by atoms with Gasteiger partial charge in [-0.15, -0.1) is 0 Å². The van der Waals surface area contributed by atoms with Crippen molar-refractivity contribution in [3.8, 4) is 0 Å². The summed E-state index contributed by atoms with van der Waals surface area (Å²) < 4.78 is 11.4. The van der Waals surface area contributed by atoms with Crippen molar-refractivity contribution in [2.24, 2.45) is 0 Å². The molecule has 2 aromatic carbocycles. The van der Waals surface area contributed by atoms with Crippen molar-refractivity contribution < 1.29 is 18.9 Å². The van der Waals surface area contributed by atoms with Gasteiger partial charge in [-0.1, -0.05) is 24.3 Å². The van der Waals surface area contributed by atoms with Crippen LogP contribution in [0, 0.1) is 10.1 Å². The Morgan fingerprint density at radius 3 is 2.86 bits per heavy atom. The number of rotatable bonds is 5. The fourth-order valence-corrected chi connectivity index (χ4v) is 2.94. The summed E-state index contributed by atoms with van der Waals surface area (Å²) in [6, 6.07) is 13.0. The second-order valence-electron chi connectivity index (χ2n) is 6.02. The van der Waals surface area contributed by atoms with Gasteiger partial charge in [0.15, 0.2) is 5.58 Å². The molecule has 4 aromatic rings. The number of ether oxygens (including phenoxy) is 1. The molecule has 0 amide bonds. The van der Waals surface area contributed by atoms with E-state index in [1.54, 1.807) is 12.3 Å². The van der Waals surface area contributed by atoms with Gasteiger partial charge in [-0.25, -0.2) is 4.79 Å². The summed E-state index contributed by atoms with van der Waals surface area (Å²) in [4.78, 5) is 38.8. The Balaban J connectivity index is 1.53. The van der Waals surface area contributed by atoms with Gasteiger partial charge in [-0.2, -0.15) is 0 Å². The van der Waals surface area contributed by atoms with E-state index in [0.717, 1.165) is 27.1 Å². The molecule has 0 spiro atoms. The van der Waals surface area contributed by atoms with Crippen LogP contribution in [0.25, 0.3) is 22.0 Å². The Kier molecular flexibility index (Phi) is 4.32. The average Bonchev–Trinajstić information content (AvgIpc) is 3.00. The van der Waals surface area contributed by atoms with Crippen molar-refractivity contribution in [1.29, 1.82) is 0 Å². The number of nitrogens with zero attached hydrogens (tertiary/aromatic N) is 3. The molecule has 0 aliphatic rings. The molecule has 9 nitrogen and oxygen atoms in total. The number of carbonyl (C=O) groups excluding carboxylic acids is 1. The van der Waals surface area contributed by atoms with Crippen molar-refractivity contribution in [3.05, 3.63) is 81.0 Å². The maximum atomic E-state index is 12.2. The second-order valence-corrected chi connectivity index (χ2v) is 6.02. The monoisotopic (exact) mass is 379 g/mol. The number of benzene rings is 2. The molecule has 0 saturated heterocycles. The summed E-state index contributed by atoms with van der Waals surface area (Å²) in [7, 11) is 0.